The number of hydrogen-bond donors (Lipinski definition) is 1. The Morgan fingerprint density at radius 2 is 1.83 bits per heavy atom. The lowest BCUT2D eigenvalue weighted by molar-refractivity contribution is 0.415. The van der Waals surface area contributed by atoms with E-state index in [1.165, 1.54) is 11.1 Å². The molecule has 2 aromatic carbocycles. The van der Waals surface area contributed by atoms with Crippen molar-refractivity contribution in [1.82, 2.24) is 9.97 Å². The molecule has 24 heavy (non-hydrogen) atoms. The molecule has 120 valence electrons. The van der Waals surface area contributed by atoms with E-state index in [1.54, 1.807) is 7.11 Å². The summed E-state index contributed by atoms with van der Waals surface area (Å²) in [4.78, 5) is 9.48. The minimum Gasteiger partial charge on any atom is -0.497 e. The summed E-state index contributed by atoms with van der Waals surface area (Å²) in [7, 11) is 3.56. The Kier molecular flexibility index (Phi) is 3.65. The second-order valence-corrected chi connectivity index (χ2v) is 5.86. The average molecular weight is 317 g/mol. The Labute approximate surface area is 141 Å². The molecule has 4 rings (SSSR count). The quantitative estimate of drug-likeness (QED) is 0.794. The Morgan fingerprint density at radius 1 is 1.00 bits per heavy atom. The van der Waals surface area contributed by atoms with Gasteiger partial charge in [0, 0.05) is 18.2 Å². The fourth-order valence-corrected chi connectivity index (χ4v) is 3.27. The number of aromatic nitrogens is 2. The van der Waals surface area contributed by atoms with Crippen LogP contribution in [0.15, 0.2) is 48.5 Å². The van der Waals surface area contributed by atoms with E-state index in [4.69, 9.17) is 14.7 Å². The number of aryl methyl sites for hydroxylation is 2. The van der Waals surface area contributed by atoms with Crippen molar-refractivity contribution in [2.45, 2.75) is 12.8 Å². The van der Waals surface area contributed by atoms with Gasteiger partial charge in [-0.3, -0.25) is 0 Å². The van der Waals surface area contributed by atoms with Crippen molar-refractivity contribution in [3.63, 3.8) is 0 Å². The van der Waals surface area contributed by atoms with Gasteiger partial charge >= 0.3 is 0 Å². The van der Waals surface area contributed by atoms with Gasteiger partial charge in [0.1, 0.15) is 5.75 Å². The van der Waals surface area contributed by atoms with Crippen LogP contribution in [0.25, 0.3) is 22.4 Å². The van der Waals surface area contributed by atoms with E-state index in [0.717, 1.165) is 41.1 Å². The van der Waals surface area contributed by atoms with Crippen LogP contribution in [0, 0.1) is 0 Å². The first kappa shape index (κ1) is 14.7. The van der Waals surface area contributed by atoms with E-state index in [1.807, 2.05) is 31.3 Å². The molecule has 4 heteroatoms. The second-order valence-electron chi connectivity index (χ2n) is 5.86. The third kappa shape index (κ3) is 2.40. The number of fused-ring (bicyclic) bond motifs is 3. The van der Waals surface area contributed by atoms with E-state index < -0.39 is 0 Å². The van der Waals surface area contributed by atoms with Gasteiger partial charge < -0.3 is 10.1 Å². The number of nitrogens with zero attached hydrogens (tertiary/aromatic N) is 2. The molecule has 4 nitrogen and oxygen atoms in total. The molecule has 0 aliphatic heterocycles. The van der Waals surface area contributed by atoms with Gasteiger partial charge in [-0.1, -0.05) is 36.4 Å². The molecule has 1 heterocycles. The zero-order chi connectivity index (χ0) is 16.5. The van der Waals surface area contributed by atoms with E-state index >= 15 is 0 Å². The summed E-state index contributed by atoms with van der Waals surface area (Å²) in [6.45, 7) is 0. The van der Waals surface area contributed by atoms with Crippen molar-refractivity contribution >= 4 is 5.95 Å². The monoisotopic (exact) mass is 317 g/mol. The van der Waals surface area contributed by atoms with Crippen LogP contribution in [0.2, 0.25) is 0 Å². The summed E-state index contributed by atoms with van der Waals surface area (Å²) in [6, 6.07) is 16.6. The molecule has 0 saturated carbocycles. The van der Waals surface area contributed by atoms with Gasteiger partial charge in [-0.25, -0.2) is 9.97 Å². The molecule has 0 unspecified atom stereocenters. The lowest BCUT2D eigenvalue weighted by Gasteiger charge is -2.23. The molecule has 1 aliphatic rings. The van der Waals surface area contributed by atoms with Gasteiger partial charge in [0.25, 0.3) is 0 Å². The van der Waals surface area contributed by atoms with E-state index in [2.05, 4.69) is 29.6 Å². The summed E-state index contributed by atoms with van der Waals surface area (Å²) in [5, 5.41) is 3.09. The van der Waals surface area contributed by atoms with Gasteiger partial charge in [0.15, 0.2) is 0 Å². The van der Waals surface area contributed by atoms with E-state index in [-0.39, 0.29) is 0 Å². The molecule has 3 aromatic rings. The molecule has 1 N–H and O–H groups in total. The molecular weight excluding hydrogens is 298 g/mol. The van der Waals surface area contributed by atoms with Crippen LogP contribution in [-0.4, -0.2) is 24.1 Å². The molecule has 0 atom stereocenters. The van der Waals surface area contributed by atoms with Gasteiger partial charge in [-0.15, -0.1) is 0 Å². The zero-order valence-corrected chi connectivity index (χ0v) is 13.8. The number of methoxy groups -OCH3 is 1. The summed E-state index contributed by atoms with van der Waals surface area (Å²) in [5.74, 6) is 1.53. The molecule has 0 spiro atoms. The highest BCUT2D eigenvalue weighted by Gasteiger charge is 2.23. The predicted octanol–water partition coefficient (Wildman–Crippen LogP) is 3.96. The molecule has 0 amide bonds. The molecule has 0 fully saturated rings. The lowest BCUT2D eigenvalue weighted by Crippen LogP contribution is -2.11. The van der Waals surface area contributed by atoms with Crippen molar-refractivity contribution in [1.29, 1.82) is 0 Å². The molecular formula is C20H19N3O. The van der Waals surface area contributed by atoms with E-state index in [0.29, 0.717) is 5.95 Å². The maximum Gasteiger partial charge on any atom is 0.223 e. The molecule has 0 saturated heterocycles. The average Bonchev–Trinajstić information content (AvgIpc) is 2.67. The van der Waals surface area contributed by atoms with Gasteiger partial charge in [-0.2, -0.15) is 0 Å². The predicted molar refractivity (Wildman–Crippen MR) is 96.4 cm³/mol. The van der Waals surface area contributed by atoms with Crippen LogP contribution in [0.3, 0.4) is 0 Å². The first-order chi connectivity index (χ1) is 11.8. The van der Waals surface area contributed by atoms with Crippen molar-refractivity contribution in [2.24, 2.45) is 0 Å². The number of rotatable bonds is 3. The Balaban J connectivity index is 2.01. The number of anilines is 1. The van der Waals surface area contributed by atoms with Crippen molar-refractivity contribution in [3.05, 3.63) is 59.8 Å². The van der Waals surface area contributed by atoms with E-state index in [9.17, 15) is 0 Å². The van der Waals surface area contributed by atoms with Gasteiger partial charge in [0.2, 0.25) is 5.95 Å². The summed E-state index contributed by atoms with van der Waals surface area (Å²) in [5.41, 5.74) is 6.79. The minimum absolute atomic E-state index is 0.666. The smallest absolute Gasteiger partial charge is 0.223 e. The first-order valence-corrected chi connectivity index (χ1v) is 8.11. The van der Waals surface area contributed by atoms with Crippen LogP contribution in [0.1, 0.15) is 11.3 Å². The zero-order valence-electron chi connectivity index (χ0n) is 13.8. The summed E-state index contributed by atoms with van der Waals surface area (Å²) >= 11 is 0. The third-order valence-electron chi connectivity index (χ3n) is 4.47. The second kappa shape index (κ2) is 5.96. The lowest BCUT2D eigenvalue weighted by atomic mass is 9.86. The summed E-state index contributed by atoms with van der Waals surface area (Å²) in [6.07, 6.45) is 1.91. The number of nitrogens with one attached hydrogen (secondary N) is 1. The number of ether oxygens (including phenoxy) is 1. The maximum atomic E-state index is 5.43. The fourth-order valence-electron chi connectivity index (χ4n) is 3.27. The van der Waals surface area contributed by atoms with Crippen LogP contribution in [0.5, 0.6) is 5.75 Å². The Morgan fingerprint density at radius 3 is 2.58 bits per heavy atom. The molecule has 1 aliphatic carbocycles. The Hall–Kier alpha value is -2.88. The normalized spacial score (nSPS) is 12.2. The highest BCUT2D eigenvalue weighted by atomic mass is 16.5. The van der Waals surface area contributed by atoms with Gasteiger partial charge in [0.05, 0.1) is 18.5 Å². The van der Waals surface area contributed by atoms with Crippen LogP contribution >= 0.6 is 0 Å². The first-order valence-electron chi connectivity index (χ1n) is 8.11. The minimum atomic E-state index is 0.666. The summed E-state index contributed by atoms with van der Waals surface area (Å²) < 4.78 is 5.43. The third-order valence-corrected chi connectivity index (χ3v) is 4.47. The highest BCUT2D eigenvalue weighted by molar-refractivity contribution is 5.86. The molecule has 0 radical (unpaired) electrons. The standard InChI is InChI=1S/C20H19N3O/c1-21-20-22-17-11-9-13-8-10-15(24-2)12-16(13)18(17)19(23-20)14-6-4-3-5-7-14/h3-8,10,12H,9,11H2,1-2H3,(H,21,22,23). The number of benzene rings is 2. The van der Waals surface area contributed by atoms with Crippen LogP contribution in [-0.2, 0) is 12.8 Å². The van der Waals surface area contributed by atoms with Crippen molar-refractivity contribution in [3.8, 4) is 28.1 Å². The van der Waals surface area contributed by atoms with Crippen molar-refractivity contribution < 1.29 is 4.74 Å². The maximum absolute atomic E-state index is 5.43. The molecule has 0 bridgehead atoms. The number of hydrogen-bond acceptors (Lipinski definition) is 4. The van der Waals surface area contributed by atoms with Crippen LogP contribution in [0.4, 0.5) is 5.95 Å². The van der Waals surface area contributed by atoms with Crippen molar-refractivity contribution in [2.75, 3.05) is 19.5 Å². The largest absolute Gasteiger partial charge is 0.497 e. The van der Waals surface area contributed by atoms with Gasteiger partial charge in [-0.05, 0) is 36.1 Å². The van der Waals surface area contributed by atoms with Crippen LogP contribution < -0.4 is 10.1 Å². The highest BCUT2D eigenvalue weighted by Crippen LogP contribution is 2.40. The SMILES string of the molecule is CNc1nc2c(c(-c3ccccc3)n1)-c1cc(OC)ccc1CC2. The fraction of sp³-hybridized carbons (Fsp3) is 0.200. The topological polar surface area (TPSA) is 47.0 Å². The Bertz CT molecular complexity index is 891. The molecule has 1 aromatic heterocycles.